The summed E-state index contributed by atoms with van der Waals surface area (Å²) < 4.78 is 5.74. The fourth-order valence-electron chi connectivity index (χ4n) is 1.80. The average molecular weight is 273 g/mol. The largest absolute Gasteiger partial charge is 0.439 e. The van der Waals surface area contributed by atoms with Gasteiger partial charge >= 0.3 is 0 Å². The Morgan fingerprint density at radius 3 is 2.58 bits per heavy atom. The van der Waals surface area contributed by atoms with Crippen LogP contribution >= 0.6 is 11.8 Å². The molecular formula is C14H15N3OS. The lowest BCUT2D eigenvalue weighted by atomic mass is 10.3. The monoisotopic (exact) mass is 273 g/mol. The maximum atomic E-state index is 5.79. The van der Waals surface area contributed by atoms with E-state index in [0.29, 0.717) is 17.6 Å². The Balaban J connectivity index is 1.81. The Kier molecular flexibility index (Phi) is 3.29. The van der Waals surface area contributed by atoms with Gasteiger partial charge in [-0.05, 0) is 43.4 Å². The van der Waals surface area contributed by atoms with Crippen LogP contribution in [-0.2, 0) is 0 Å². The number of anilines is 1. The average Bonchev–Trinajstić information content (AvgIpc) is 3.23. The number of ether oxygens (including phenoxy) is 1. The molecule has 1 fully saturated rings. The molecule has 0 atom stereocenters. The van der Waals surface area contributed by atoms with Crippen molar-refractivity contribution in [1.82, 2.24) is 9.97 Å². The molecule has 0 amide bonds. The quantitative estimate of drug-likeness (QED) is 0.864. The van der Waals surface area contributed by atoms with Gasteiger partial charge in [-0.25, -0.2) is 4.98 Å². The second-order valence-electron chi connectivity index (χ2n) is 4.54. The van der Waals surface area contributed by atoms with Gasteiger partial charge < -0.3 is 10.5 Å². The number of benzene rings is 1. The van der Waals surface area contributed by atoms with Gasteiger partial charge in [0.05, 0.1) is 0 Å². The topological polar surface area (TPSA) is 61.0 Å². The van der Waals surface area contributed by atoms with Gasteiger partial charge in [0.2, 0.25) is 5.88 Å². The zero-order valence-electron chi connectivity index (χ0n) is 10.7. The van der Waals surface area contributed by atoms with Gasteiger partial charge in [-0.15, -0.1) is 11.8 Å². The Morgan fingerprint density at radius 1 is 1.21 bits per heavy atom. The molecule has 4 nitrogen and oxygen atoms in total. The lowest BCUT2D eigenvalue weighted by Crippen LogP contribution is -2.00. The molecule has 0 saturated heterocycles. The molecule has 2 N–H and O–H groups in total. The van der Waals surface area contributed by atoms with Crippen LogP contribution in [0.2, 0.25) is 0 Å². The highest BCUT2D eigenvalue weighted by atomic mass is 32.2. The van der Waals surface area contributed by atoms with Crippen LogP contribution in [0.1, 0.15) is 24.6 Å². The molecule has 1 aromatic heterocycles. The van der Waals surface area contributed by atoms with E-state index in [4.69, 9.17) is 10.5 Å². The normalized spacial score (nSPS) is 14.4. The van der Waals surface area contributed by atoms with Gasteiger partial charge in [-0.3, -0.25) is 0 Å². The summed E-state index contributed by atoms with van der Waals surface area (Å²) >= 11 is 1.70. The molecule has 0 radical (unpaired) electrons. The third-order valence-corrected chi connectivity index (χ3v) is 3.71. The zero-order valence-corrected chi connectivity index (χ0v) is 11.5. The molecule has 0 spiro atoms. The minimum absolute atomic E-state index is 0.463. The SMILES string of the molecule is CSc1ccc(Oc2cc(N)nc(C3CC3)n2)cc1. The Labute approximate surface area is 116 Å². The van der Waals surface area contributed by atoms with Crippen molar-refractivity contribution in [2.75, 3.05) is 12.0 Å². The molecule has 1 aliphatic carbocycles. The molecule has 1 aliphatic rings. The predicted molar refractivity (Wildman–Crippen MR) is 76.7 cm³/mol. The minimum atomic E-state index is 0.463. The summed E-state index contributed by atoms with van der Waals surface area (Å²) in [4.78, 5) is 9.87. The first-order chi connectivity index (χ1) is 9.24. The summed E-state index contributed by atoms with van der Waals surface area (Å²) in [6.45, 7) is 0. The van der Waals surface area contributed by atoms with Crippen LogP contribution in [0.4, 0.5) is 5.82 Å². The molecule has 19 heavy (non-hydrogen) atoms. The highest BCUT2D eigenvalue weighted by Crippen LogP contribution is 2.39. The number of rotatable bonds is 4. The summed E-state index contributed by atoms with van der Waals surface area (Å²) in [5, 5.41) is 0. The smallest absolute Gasteiger partial charge is 0.224 e. The molecule has 3 rings (SSSR count). The maximum Gasteiger partial charge on any atom is 0.224 e. The van der Waals surface area contributed by atoms with Crippen molar-refractivity contribution in [1.29, 1.82) is 0 Å². The number of nitrogens with zero attached hydrogens (tertiary/aromatic N) is 2. The van der Waals surface area contributed by atoms with Gasteiger partial charge in [0, 0.05) is 16.9 Å². The fourth-order valence-corrected chi connectivity index (χ4v) is 2.21. The molecule has 0 bridgehead atoms. The molecular weight excluding hydrogens is 258 g/mol. The van der Waals surface area contributed by atoms with E-state index >= 15 is 0 Å². The van der Waals surface area contributed by atoms with E-state index < -0.39 is 0 Å². The molecule has 2 aromatic rings. The van der Waals surface area contributed by atoms with E-state index in [-0.39, 0.29) is 0 Å². The Hall–Kier alpha value is -1.75. The van der Waals surface area contributed by atoms with Crippen molar-refractivity contribution in [2.24, 2.45) is 0 Å². The maximum absolute atomic E-state index is 5.79. The van der Waals surface area contributed by atoms with E-state index in [2.05, 4.69) is 9.97 Å². The summed E-state index contributed by atoms with van der Waals surface area (Å²) in [5.41, 5.74) is 5.79. The highest BCUT2D eigenvalue weighted by Gasteiger charge is 2.27. The molecule has 1 heterocycles. The second-order valence-corrected chi connectivity index (χ2v) is 5.42. The molecule has 1 aromatic carbocycles. The van der Waals surface area contributed by atoms with Crippen LogP contribution in [0, 0.1) is 0 Å². The van der Waals surface area contributed by atoms with Crippen LogP contribution in [0.5, 0.6) is 11.6 Å². The summed E-state index contributed by atoms with van der Waals surface area (Å²) in [5.74, 6) is 3.01. The van der Waals surface area contributed by atoms with Crippen LogP contribution in [-0.4, -0.2) is 16.2 Å². The van der Waals surface area contributed by atoms with Crippen molar-refractivity contribution in [3.63, 3.8) is 0 Å². The van der Waals surface area contributed by atoms with Crippen LogP contribution < -0.4 is 10.5 Å². The number of nitrogen functional groups attached to an aromatic ring is 1. The third kappa shape index (κ3) is 2.98. The number of hydrogen-bond donors (Lipinski definition) is 1. The highest BCUT2D eigenvalue weighted by molar-refractivity contribution is 7.98. The number of aromatic nitrogens is 2. The first-order valence-corrected chi connectivity index (χ1v) is 7.43. The van der Waals surface area contributed by atoms with Crippen molar-refractivity contribution in [2.45, 2.75) is 23.7 Å². The molecule has 1 saturated carbocycles. The van der Waals surface area contributed by atoms with Gasteiger partial charge in [0.15, 0.2) is 0 Å². The molecule has 5 heteroatoms. The predicted octanol–water partition coefficient (Wildman–Crippen LogP) is 3.45. The van der Waals surface area contributed by atoms with E-state index in [0.717, 1.165) is 24.4 Å². The van der Waals surface area contributed by atoms with Gasteiger partial charge in [0.1, 0.15) is 17.4 Å². The standard InChI is InChI=1S/C14H15N3OS/c1-19-11-6-4-10(5-7-11)18-13-8-12(15)16-14(17-13)9-2-3-9/h4-9H,2-3H2,1H3,(H2,15,16,17). The first-order valence-electron chi connectivity index (χ1n) is 6.21. The summed E-state index contributed by atoms with van der Waals surface area (Å²) in [6, 6.07) is 9.56. The number of hydrogen-bond acceptors (Lipinski definition) is 5. The third-order valence-electron chi connectivity index (χ3n) is 2.96. The van der Waals surface area contributed by atoms with E-state index in [1.807, 2.05) is 30.5 Å². The van der Waals surface area contributed by atoms with Crippen molar-refractivity contribution in [3.8, 4) is 11.6 Å². The lowest BCUT2D eigenvalue weighted by molar-refractivity contribution is 0.458. The Morgan fingerprint density at radius 2 is 1.95 bits per heavy atom. The van der Waals surface area contributed by atoms with Gasteiger partial charge in [-0.2, -0.15) is 4.98 Å². The van der Waals surface area contributed by atoms with E-state index in [1.165, 1.54) is 4.90 Å². The van der Waals surface area contributed by atoms with Crippen molar-refractivity contribution in [3.05, 3.63) is 36.2 Å². The van der Waals surface area contributed by atoms with Crippen LogP contribution in [0.25, 0.3) is 0 Å². The number of thioether (sulfide) groups is 1. The summed E-state index contributed by atoms with van der Waals surface area (Å²) in [7, 11) is 0. The minimum Gasteiger partial charge on any atom is -0.439 e. The molecule has 0 unspecified atom stereocenters. The lowest BCUT2D eigenvalue weighted by Gasteiger charge is -2.07. The Bertz CT molecular complexity index is 582. The zero-order chi connectivity index (χ0) is 13.2. The molecule has 0 aliphatic heterocycles. The summed E-state index contributed by atoms with van der Waals surface area (Å²) in [6.07, 6.45) is 4.33. The first kappa shape index (κ1) is 12.3. The second kappa shape index (κ2) is 5.09. The van der Waals surface area contributed by atoms with Gasteiger partial charge in [0.25, 0.3) is 0 Å². The van der Waals surface area contributed by atoms with E-state index in [1.54, 1.807) is 17.8 Å². The number of nitrogens with two attached hydrogens (primary N) is 1. The fraction of sp³-hybridized carbons (Fsp3) is 0.286. The van der Waals surface area contributed by atoms with Crippen molar-refractivity contribution >= 4 is 17.6 Å². The molecule has 98 valence electrons. The van der Waals surface area contributed by atoms with Crippen molar-refractivity contribution < 1.29 is 4.74 Å². The van der Waals surface area contributed by atoms with Gasteiger partial charge in [-0.1, -0.05) is 0 Å². The van der Waals surface area contributed by atoms with E-state index in [9.17, 15) is 0 Å². The van der Waals surface area contributed by atoms with Crippen LogP contribution in [0.15, 0.2) is 35.2 Å². The van der Waals surface area contributed by atoms with Crippen LogP contribution in [0.3, 0.4) is 0 Å².